The van der Waals surface area contributed by atoms with Crippen LogP contribution >= 0.6 is 0 Å². The van der Waals surface area contributed by atoms with Crippen molar-refractivity contribution in [3.63, 3.8) is 0 Å². The van der Waals surface area contributed by atoms with Gasteiger partial charge in [-0.2, -0.15) is 0 Å². The maximum atomic E-state index is 12.1. The molecule has 0 atom stereocenters. The molecule has 3 aromatic rings. The predicted octanol–water partition coefficient (Wildman–Crippen LogP) is 2.55. The molecular weight excluding hydrogens is 278 g/mol. The van der Waals surface area contributed by atoms with Gasteiger partial charge in [-0.25, -0.2) is 13.8 Å². The molecule has 5 nitrogen and oxygen atoms in total. The fourth-order valence-corrected chi connectivity index (χ4v) is 2.16. The number of fused-ring (bicyclic) bond motifs is 1. The third-order valence-corrected chi connectivity index (χ3v) is 3.12. The summed E-state index contributed by atoms with van der Waals surface area (Å²) in [7, 11) is 0. The molecule has 3 rings (SSSR count). The molecule has 21 heavy (non-hydrogen) atoms. The van der Waals surface area contributed by atoms with E-state index >= 15 is 0 Å². The van der Waals surface area contributed by atoms with Gasteiger partial charge in [0.15, 0.2) is 0 Å². The van der Waals surface area contributed by atoms with Crippen molar-refractivity contribution in [2.45, 2.75) is 6.43 Å². The van der Waals surface area contributed by atoms with Gasteiger partial charge in [0.25, 0.3) is 12.3 Å². The Morgan fingerprint density at radius 3 is 3.00 bits per heavy atom. The second-order valence-corrected chi connectivity index (χ2v) is 4.50. The Morgan fingerprint density at radius 1 is 1.33 bits per heavy atom. The second-order valence-electron chi connectivity index (χ2n) is 4.50. The van der Waals surface area contributed by atoms with Crippen LogP contribution in [0, 0.1) is 0 Å². The number of nitrogens with zero attached hydrogens (tertiary/aromatic N) is 1. The van der Waals surface area contributed by atoms with Gasteiger partial charge in [-0.15, -0.1) is 0 Å². The Bertz CT molecular complexity index is 778. The minimum Gasteiger partial charge on any atom is -0.357 e. The Hall–Kier alpha value is -2.70. The molecule has 3 aromatic heterocycles. The monoisotopic (exact) mass is 290 g/mol. The zero-order valence-electron chi connectivity index (χ0n) is 10.9. The quantitative estimate of drug-likeness (QED) is 0.691. The maximum absolute atomic E-state index is 12.1. The van der Waals surface area contributed by atoms with Crippen LogP contribution in [0.1, 0.15) is 10.5 Å². The largest absolute Gasteiger partial charge is 0.357 e. The third kappa shape index (κ3) is 2.62. The van der Waals surface area contributed by atoms with Gasteiger partial charge in [0, 0.05) is 29.5 Å². The fourth-order valence-electron chi connectivity index (χ4n) is 2.16. The summed E-state index contributed by atoms with van der Waals surface area (Å²) >= 11 is 0. The summed E-state index contributed by atoms with van der Waals surface area (Å²) in [5.74, 6) is -0.555. The van der Waals surface area contributed by atoms with Crippen LogP contribution in [0.2, 0.25) is 0 Å². The predicted molar refractivity (Wildman–Crippen MR) is 74.2 cm³/mol. The van der Waals surface area contributed by atoms with Crippen LogP contribution < -0.4 is 5.32 Å². The Kier molecular flexibility index (Phi) is 3.39. The number of amides is 1. The van der Waals surface area contributed by atoms with E-state index in [-0.39, 0.29) is 5.69 Å². The molecule has 0 aliphatic carbocycles. The number of alkyl halides is 2. The number of halogens is 2. The molecule has 0 aliphatic rings. The van der Waals surface area contributed by atoms with Gasteiger partial charge in [-0.1, -0.05) is 0 Å². The number of aromatic nitrogens is 3. The Morgan fingerprint density at radius 2 is 2.19 bits per heavy atom. The maximum Gasteiger partial charge on any atom is 0.267 e. The Labute approximate surface area is 118 Å². The van der Waals surface area contributed by atoms with Crippen molar-refractivity contribution >= 4 is 16.9 Å². The van der Waals surface area contributed by atoms with Gasteiger partial charge in [0.05, 0.1) is 6.54 Å². The van der Waals surface area contributed by atoms with Crippen LogP contribution in [0.25, 0.3) is 22.2 Å². The second kappa shape index (κ2) is 5.35. The molecule has 3 heterocycles. The number of carbonyl (C=O) groups excluding carboxylic acids is 1. The van der Waals surface area contributed by atoms with Crippen molar-refractivity contribution in [3.05, 3.63) is 42.5 Å². The van der Waals surface area contributed by atoms with E-state index < -0.39 is 18.9 Å². The van der Waals surface area contributed by atoms with E-state index in [2.05, 4.69) is 20.3 Å². The van der Waals surface area contributed by atoms with Gasteiger partial charge in [0.2, 0.25) is 0 Å². The summed E-state index contributed by atoms with van der Waals surface area (Å²) < 4.78 is 24.2. The summed E-state index contributed by atoms with van der Waals surface area (Å²) in [5, 5.41) is 3.08. The first-order valence-electron chi connectivity index (χ1n) is 6.32. The summed E-state index contributed by atoms with van der Waals surface area (Å²) in [6.07, 6.45) is 2.55. The van der Waals surface area contributed by atoms with Gasteiger partial charge < -0.3 is 15.3 Å². The van der Waals surface area contributed by atoms with E-state index in [4.69, 9.17) is 0 Å². The molecule has 0 fully saturated rings. The molecule has 0 aromatic carbocycles. The minimum atomic E-state index is -2.57. The fraction of sp³-hybridized carbons (Fsp3) is 0.143. The lowest BCUT2D eigenvalue weighted by Gasteiger charge is -2.01. The molecule has 108 valence electrons. The lowest BCUT2D eigenvalue weighted by molar-refractivity contribution is 0.0887. The standard InChI is InChI=1S/C14H12F2N4O/c15-12(16)7-20-14(21)11-5-8(6-19-11)9-1-3-17-13-10(9)2-4-18-13/h1-6,12,19H,7H2,(H,17,18)(H,20,21). The molecule has 0 radical (unpaired) electrons. The number of hydrogen-bond acceptors (Lipinski definition) is 2. The zero-order chi connectivity index (χ0) is 14.8. The number of hydrogen-bond donors (Lipinski definition) is 3. The molecule has 0 saturated carbocycles. The van der Waals surface area contributed by atoms with Crippen LogP contribution in [0.3, 0.4) is 0 Å². The number of pyridine rings is 1. The molecular formula is C14H12F2N4O. The van der Waals surface area contributed by atoms with E-state index in [1.807, 2.05) is 12.1 Å². The van der Waals surface area contributed by atoms with Gasteiger partial charge in [-0.05, 0) is 23.8 Å². The van der Waals surface area contributed by atoms with Crippen LogP contribution in [-0.2, 0) is 0 Å². The molecule has 0 bridgehead atoms. The summed E-state index contributed by atoms with van der Waals surface area (Å²) in [5.41, 5.74) is 2.69. The number of nitrogens with one attached hydrogen (secondary N) is 3. The van der Waals surface area contributed by atoms with Crippen molar-refractivity contribution in [2.75, 3.05) is 6.54 Å². The molecule has 3 N–H and O–H groups in total. The van der Waals surface area contributed by atoms with E-state index in [1.54, 1.807) is 24.7 Å². The molecule has 7 heteroatoms. The van der Waals surface area contributed by atoms with Crippen LogP contribution in [-0.4, -0.2) is 33.8 Å². The molecule has 0 saturated heterocycles. The first-order valence-corrected chi connectivity index (χ1v) is 6.32. The average Bonchev–Trinajstić information content (AvgIpc) is 3.12. The highest BCUT2D eigenvalue weighted by atomic mass is 19.3. The number of rotatable bonds is 4. The number of H-pyrrole nitrogens is 2. The van der Waals surface area contributed by atoms with Crippen LogP contribution in [0.5, 0.6) is 0 Å². The lowest BCUT2D eigenvalue weighted by atomic mass is 10.1. The molecule has 0 unspecified atom stereocenters. The highest BCUT2D eigenvalue weighted by Gasteiger charge is 2.13. The van der Waals surface area contributed by atoms with Crippen molar-refractivity contribution < 1.29 is 13.6 Å². The van der Waals surface area contributed by atoms with Crippen LogP contribution in [0.15, 0.2) is 36.8 Å². The highest BCUT2D eigenvalue weighted by molar-refractivity contribution is 5.97. The summed E-state index contributed by atoms with van der Waals surface area (Å²) in [6, 6.07) is 5.35. The first-order chi connectivity index (χ1) is 10.1. The topological polar surface area (TPSA) is 73.6 Å². The third-order valence-electron chi connectivity index (χ3n) is 3.12. The van der Waals surface area contributed by atoms with E-state index in [0.717, 1.165) is 22.2 Å². The van der Waals surface area contributed by atoms with Crippen molar-refractivity contribution in [1.82, 2.24) is 20.3 Å². The van der Waals surface area contributed by atoms with Crippen molar-refractivity contribution in [3.8, 4) is 11.1 Å². The molecule has 1 amide bonds. The smallest absolute Gasteiger partial charge is 0.267 e. The molecule has 0 spiro atoms. The molecule has 0 aliphatic heterocycles. The number of aromatic amines is 2. The lowest BCUT2D eigenvalue weighted by Crippen LogP contribution is -2.28. The Balaban J connectivity index is 1.88. The van der Waals surface area contributed by atoms with Gasteiger partial charge in [0.1, 0.15) is 11.3 Å². The van der Waals surface area contributed by atoms with Crippen molar-refractivity contribution in [1.29, 1.82) is 0 Å². The zero-order valence-corrected chi connectivity index (χ0v) is 10.9. The number of carbonyl (C=O) groups is 1. The minimum absolute atomic E-state index is 0.242. The van der Waals surface area contributed by atoms with Gasteiger partial charge in [-0.3, -0.25) is 4.79 Å². The van der Waals surface area contributed by atoms with E-state index in [1.165, 1.54) is 0 Å². The van der Waals surface area contributed by atoms with Crippen molar-refractivity contribution in [2.24, 2.45) is 0 Å². The van der Waals surface area contributed by atoms with Crippen LogP contribution in [0.4, 0.5) is 8.78 Å². The summed E-state index contributed by atoms with van der Waals surface area (Å²) in [6.45, 7) is -0.662. The SMILES string of the molecule is O=C(NCC(F)F)c1cc(-c2ccnc3[nH]ccc23)c[nH]1. The first kappa shape index (κ1) is 13.3. The summed E-state index contributed by atoms with van der Waals surface area (Å²) in [4.78, 5) is 21.7. The normalized spacial score (nSPS) is 11.2. The highest BCUT2D eigenvalue weighted by Crippen LogP contribution is 2.27. The van der Waals surface area contributed by atoms with E-state index in [9.17, 15) is 13.6 Å². The van der Waals surface area contributed by atoms with E-state index in [0.29, 0.717) is 0 Å². The van der Waals surface area contributed by atoms with Gasteiger partial charge >= 0.3 is 0 Å². The average molecular weight is 290 g/mol.